The van der Waals surface area contributed by atoms with Crippen LogP contribution >= 0.6 is 23.2 Å². The molecule has 20 aliphatic rings. The number of aryl methyl sites for hydroxylation is 1. The Balaban J connectivity index is 0.000000118. The van der Waals surface area contributed by atoms with Crippen molar-refractivity contribution in [3.8, 4) is 0 Å². The lowest BCUT2D eigenvalue weighted by Gasteiger charge is -2.59. The first-order valence-corrected chi connectivity index (χ1v) is 50.4. The highest BCUT2D eigenvalue weighted by atomic mass is 35.5. The van der Waals surface area contributed by atoms with Crippen molar-refractivity contribution in [2.75, 3.05) is 91.6 Å². The van der Waals surface area contributed by atoms with Crippen molar-refractivity contribution in [2.45, 2.75) is 366 Å². The first-order chi connectivity index (χ1) is 62.5. The van der Waals surface area contributed by atoms with Crippen LogP contribution in [0.3, 0.4) is 0 Å². The lowest BCUT2D eigenvalue weighted by molar-refractivity contribution is -0.101. The van der Waals surface area contributed by atoms with E-state index in [0.29, 0.717) is 107 Å². The van der Waals surface area contributed by atoms with E-state index in [2.05, 4.69) is 274 Å². The Bertz CT molecular complexity index is 4450. The lowest BCUT2D eigenvalue weighted by Crippen LogP contribution is -2.70. The topological polar surface area (TPSA) is 136 Å². The van der Waals surface area contributed by atoms with Gasteiger partial charge in [0.05, 0.1) is 28.8 Å². The molecule has 21 nitrogen and oxygen atoms in total. The molecule has 0 aliphatic carbocycles. The van der Waals surface area contributed by atoms with Gasteiger partial charge in [0.15, 0.2) is 0 Å². The van der Waals surface area contributed by atoms with Crippen molar-refractivity contribution in [3.63, 3.8) is 0 Å². The van der Waals surface area contributed by atoms with E-state index in [1.807, 2.05) is 36.8 Å². The van der Waals surface area contributed by atoms with Crippen LogP contribution in [0, 0.1) is 30.3 Å². The summed E-state index contributed by atoms with van der Waals surface area (Å²) in [6, 6.07) is 31.1. The summed E-state index contributed by atoms with van der Waals surface area (Å²) in [7, 11) is 0. The molecule has 133 heavy (non-hydrogen) atoms. The smallest absolute Gasteiger partial charge is 0.212 e. The number of aromatic nitrogens is 7. The second kappa shape index (κ2) is 41.3. The Morgan fingerprint density at radius 2 is 0.624 bits per heavy atom. The molecular formula is C106H157Cl2F4N21. The summed E-state index contributed by atoms with van der Waals surface area (Å²) in [6.45, 7) is 72.8. The summed E-state index contributed by atoms with van der Waals surface area (Å²) in [5.41, 5.74) is 10.6. The number of hydrogen-bond donors (Lipinski definition) is 0. The summed E-state index contributed by atoms with van der Waals surface area (Å²) in [5.74, 6) is -1.07. The van der Waals surface area contributed by atoms with Crippen molar-refractivity contribution in [1.82, 2.24) is 103 Å². The third-order valence-electron chi connectivity index (χ3n) is 31.2. The highest BCUT2D eigenvalue weighted by Crippen LogP contribution is 2.44. The van der Waals surface area contributed by atoms with E-state index in [0.717, 1.165) is 131 Å². The number of halogens is 6. The molecule has 7 aromatic heterocycles. The molecule has 0 aromatic carbocycles. The first-order valence-electron chi connectivity index (χ1n) is 49.6. The van der Waals surface area contributed by atoms with Gasteiger partial charge in [-0.25, -0.2) is 23.1 Å². The Labute approximate surface area is 804 Å². The zero-order valence-electron chi connectivity index (χ0n) is 84.2. The van der Waals surface area contributed by atoms with Crippen LogP contribution in [-0.4, -0.2) is 318 Å². The molecule has 0 N–H and O–H groups in total. The Morgan fingerprint density at radius 3 is 0.940 bits per heavy atom. The SMILES string of the molecule is CC(C)(C)N1CC2CC(C1)N2Cc1ccc(Cl)nc1.CC(C)(C)N1CC2CC(C1)N2Cc1ccc(F)cn1.CC(C)(C)N1CC2CC(C1)N2Cc1ccc(F)nc1.CC(C)(C)N1CC2CC(C1)N2Cc1cncc(Cl)c1.CC(C)(C)N1CC2CC(C1)N2Cc1cncc(F)c1.CC(C)(C)N1CC2CC(C1)N2Cc1ncccc1F.Cc1cc(CN2C3CC2CN(C(C)(C)C)C3)ccn1. The third kappa shape index (κ3) is 25.5. The molecule has 0 saturated carbocycles. The van der Waals surface area contributed by atoms with Crippen molar-refractivity contribution < 1.29 is 17.6 Å². The number of piperidine rings is 7. The van der Waals surface area contributed by atoms with Gasteiger partial charge in [-0.15, -0.1) is 0 Å². The molecule has 728 valence electrons. The molecule has 20 fully saturated rings. The van der Waals surface area contributed by atoms with Gasteiger partial charge in [0, 0.05) is 310 Å². The van der Waals surface area contributed by atoms with E-state index in [1.54, 1.807) is 43.0 Å². The number of nitrogens with zero attached hydrogens (tertiary/aromatic N) is 21. The Hall–Kier alpha value is -6.21. The van der Waals surface area contributed by atoms with Crippen LogP contribution in [0.25, 0.3) is 0 Å². The fourth-order valence-corrected chi connectivity index (χ4v) is 23.0. The van der Waals surface area contributed by atoms with Gasteiger partial charge in [-0.3, -0.25) is 93.5 Å². The minimum Gasteiger partial charge on any atom is -0.295 e. The fraction of sp³-hybridized carbons (Fsp3) is 0.670. The van der Waals surface area contributed by atoms with Crippen LogP contribution in [0.15, 0.2) is 129 Å². The van der Waals surface area contributed by atoms with Gasteiger partial charge in [0.2, 0.25) is 5.95 Å². The predicted molar refractivity (Wildman–Crippen MR) is 528 cm³/mol. The average molecular weight is 1870 g/mol. The van der Waals surface area contributed by atoms with Gasteiger partial charge >= 0.3 is 0 Å². The van der Waals surface area contributed by atoms with Gasteiger partial charge in [-0.1, -0.05) is 35.3 Å². The molecule has 14 unspecified atom stereocenters. The van der Waals surface area contributed by atoms with Crippen LogP contribution in [0.5, 0.6) is 0 Å². The van der Waals surface area contributed by atoms with E-state index in [9.17, 15) is 17.6 Å². The highest BCUT2D eigenvalue weighted by Gasteiger charge is 2.54. The van der Waals surface area contributed by atoms with Gasteiger partial charge in [-0.05, 0) is 286 Å². The minimum atomic E-state index is -0.397. The number of rotatable bonds is 14. The van der Waals surface area contributed by atoms with Gasteiger partial charge in [0.1, 0.15) is 22.6 Å². The molecule has 0 amide bonds. The van der Waals surface area contributed by atoms with Gasteiger partial charge in [0.25, 0.3) is 0 Å². The van der Waals surface area contributed by atoms with Gasteiger partial charge in [-0.2, -0.15) is 4.39 Å². The quantitative estimate of drug-likeness (QED) is 0.0754. The Morgan fingerprint density at radius 1 is 0.286 bits per heavy atom. The number of likely N-dealkylation sites (tertiary alicyclic amines) is 2. The second-order valence-electron chi connectivity index (χ2n) is 47.7. The van der Waals surface area contributed by atoms with Gasteiger partial charge < -0.3 is 0 Å². The summed E-state index contributed by atoms with van der Waals surface area (Å²) < 4.78 is 52.5. The van der Waals surface area contributed by atoms with E-state index in [-0.39, 0.29) is 39.6 Å². The Kier molecular flexibility index (Phi) is 31.4. The minimum absolute atomic E-state index is 0.180. The molecule has 0 radical (unpaired) electrons. The van der Waals surface area contributed by atoms with Crippen LogP contribution in [0.4, 0.5) is 17.6 Å². The summed E-state index contributed by atoms with van der Waals surface area (Å²) >= 11 is 11.8. The summed E-state index contributed by atoms with van der Waals surface area (Å²) in [5, 5.41) is 1.31. The molecule has 7 aromatic rings. The molecule has 14 bridgehead atoms. The number of piperazine rings is 7. The van der Waals surface area contributed by atoms with Crippen LogP contribution in [0.2, 0.25) is 10.2 Å². The van der Waals surface area contributed by atoms with Crippen LogP contribution < -0.4 is 0 Å². The molecule has 20 saturated heterocycles. The van der Waals surface area contributed by atoms with Crippen LogP contribution in [-0.2, 0) is 45.8 Å². The maximum Gasteiger partial charge on any atom is 0.212 e. The lowest BCUT2D eigenvalue weighted by atomic mass is 9.84. The second-order valence-corrected chi connectivity index (χ2v) is 48.6. The first kappa shape index (κ1) is 101. The van der Waals surface area contributed by atoms with E-state index in [1.165, 1.54) is 131 Å². The molecular weight excluding hydrogens is 1710 g/mol. The fourth-order valence-electron chi connectivity index (χ4n) is 22.7. The summed E-state index contributed by atoms with van der Waals surface area (Å²) in [4.78, 5) is 64.6. The highest BCUT2D eigenvalue weighted by molar-refractivity contribution is 6.30. The molecule has 14 atom stereocenters. The monoisotopic (exact) mass is 1870 g/mol. The van der Waals surface area contributed by atoms with Crippen molar-refractivity contribution in [3.05, 3.63) is 207 Å². The molecule has 27 heterocycles. The molecule has 20 aliphatic heterocycles. The van der Waals surface area contributed by atoms with Crippen LogP contribution in [0.1, 0.15) is 235 Å². The van der Waals surface area contributed by atoms with Crippen molar-refractivity contribution in [2.24, 2.45) is 0 Å². The molecule has 27 heteroatoms. The maximum absolute atomic E-state index is 13.7. The number of hydrogen-bond acceptors (Lipinski definition) is 21. The zero-order valence-corrected chi connectivity index (χ0v) is 85.7. The number of pyridine rings is 7. The van der Waals surface area contributed by atoms with Crippen molar-refractivity contribution >= 4 is 23.2 Å². The van der Waals surface area contributed by atoms with Crippen molar-refractivity contribution in [1.29, 1.82) is 0 Å². The molecule has 27 rings (SSSR count). The predicted octanol–water partition coefficient (Wildman–Crippen LogP) is 17.1. The zero-order chi connectivity index (χ0) is 95.3. The third-order valence-corrected chi connectivity index (χ3v) is 31.7. The maximum atomic E-state index is 13.7. The van der Waals surface area contributed by atoms with E-state index < -0.39 is 5.95 Å². The largest absolute Gasteiger partial charge is 0.295 e. The standard InChI is InChI=1S/C16H25N3.2C15H22ClN3.4C15H22FN3/c1-12-7-13(5-6-17-12)9-19-14-8-15(19)11-18(10-14)16(2,3)4;1-15(2,3)18-9-13-5-14(10-18)19(13)8-11-4-12(16)7-17-6-11;1-15(2,3)18-9-12-6-13(10-18)19(12)8-11-4-5-14(16)17-7-11;1-15(2,3)18-9-13-5-14(10-18)19(13)8-11-4-12(16)7-17-6-11;1-15(2,3)18-9-13-6-14(10-18)19(13)8-12-5-4-11(16)7-17-12;1-15(2,3)18-9-12-6-13(10-18)19(12)8-11-4-5-14(16)17-7-11;1-15(2,3)18-8-11-7-12(9-18)19(11)10-14-13(16)5-4-6-17-14/h5-7,14-15H,8-11H2,1-4H3;4,6-7,13-14H,5,8-10H2,1-3H3;4-5,7,12-13H,6,8-10H2,1-3H3;4,6-7,13-14H,5,8-10H2,1-3H3;4-5,7,13-14H,6,8-10H2,1-3H3;4-5,7,12-13H,6,8-10H2,1-3H3;4-6,11-12H,7-10H2,1-3H3. The van der Waals surface area contributed by atoms with E-state index in [4.69, 9.17) is 23.2 Å². The normalized spacial score (nSPS) is 28.2. The summed E-state index contributed by atoms with van der Waals surface area (Å²) in [6.07, 6.45) is 24.4. The number of fused-ring (bicyclic) bond motifs is 14. The molecule has 0 spiro atoms. The average Bonchev–Trinajstić information content (AvgIpc) is 0.779. The van der Waals surface area contributed by atoms with E-state index >= 15 is 0 Å².